The van der Waals surface area contributed by atoms with E-state index < -0.39 is 0 Å². The van der Waals surface area contributed by atoms with E-state index in [1.807, 2.05) is 24.1 Å². The standard InChI is InChI=1S/C5H15N5/c1-9-4-6-5-10(2)8-3-7-9/h6-8H,3-5H2,1-2H3. The average molecular weight is 145 g/mol. The van der Waals surface area contributed by atoms with Gasteiger partial charge in [0.25, 0.3) is 0 Å². The lowest BCUT2D eigenvalue weighted by Gasteiger charge is -2.27. The Bertz CT molecular complexity index is 76.0. The number of nitrogens with zero attached hydrogens (tertiary/aromatic N) is 2. The van der Waals surface area contributed by atoms with Gasteiger partial charge in [-0.1, -0.05) is 0 Å². The zero-order valence-electron chi connectivity index (χ0n) is 6.52. The van der Waals surface area contributed by atoms with Crippen molar-refractivity contribution in [1.82, 2.24) is 26.2 Å². The van der Waals surface area contributed by atoms with Crippen LogP contribution < -0.4 is 16.2 Å². The number of rotatable bonds is 0. The zero-order chi connectivity index (χ0) is 7.40. The minimum atomic E-state index is 0.786. The van der Waals surface area contributed by atoms with Crippen molar-refractivity contribution in [1.29, 1.82) is 0 Å². The lowest BCUT2D eigenvalue weighted by Crippen LogP contribution is -2.55. The predicted octanol–water partition coefficient (Wildman–Crippen LogP) is -1.67. The maximum Gasteiger partial charge on any atom is 0.0726 e. The molecule has 0 aromatic heterocycles. The third kappa shape index (κ3) is 2.59. The quantitative estimate of drug-likeness (QED) is 0.380. The van der Waals surface area contributed by atoms with Gasteiger partial charge >= 0.3 is 0 Å². The Morgan fingerprint density at radius 1 is 1.00 bits per heavy atom. The Balaban J connectivity index is 2.21. The first kappa shape index (κ1) is 7.90. The first-order chi connectivity index (χ1) is 4.79. The molecule has 0 aromatic rings. The number of hydrogen-bond donors (Lipinski definition) is 3. The molecular weight excluding hydrogens is 130 g/mol. The van der Waals surface area contributed by atoms with E-state index in [1.54, 1.807) is 0 Å². The summed E-state index contributed by atoms with van der Waals surface area (Å²) in [6.07, 6.45) is 0. The lowest BCUT2D eigenvalue weighted by molar-refractivity contribution is 0.106. The molecule has 0 bridgehead atoms. The molecule has 0 aromatic carbocycles. The third-order valence-corrected chi connectivity index (χ3v) is 1.40. The summed E-state index contributed by atoms with van der Waals surface area (Å²) in [4.78, 5) is 0. The molecule has 0 unspecified atom stereocenters. The summed E-state index contributed by atoms with van der Waals surface area (Å²) < 4.78 is 0. The predicted molar refractivity (Wildman–Crippen MR) is 39.5 cm³/mol. The molecule has 0 spiro atoms. The van der Waals surface area contributed by atoms with E-state index in [-0.39, 0.29) is 0 Å². The fraction of sp³-hybridized carbons (Fsp3) is 1.00. The Labute approximate surface area is 61.3 Å². The van der Waals surface area contributed by atoms with Gasteiger partial charge in [0.15, 0.2) is 0 Å². The van der Waals surface area contributed by atoms with Crippen LogP contribution in [0.5, 0.6) is 0 Å². The van der Waals surface area contributed by atoms with E-state index in [0.717, 1.165) is 20.0 Å². The van der Waals surface area contributed by atoms with Crippen LogP contribution in [0.2, 0.25) is 0 Å². The van der Waals surface area contributed by atoms with Crippen molar-refractivity contribution in [3.63, 3.8) is 0 Å². The van der Waals surface area contributed by atoms with E-state index in [2.05, 4.69) is 16.2 Å². The van der Waals surface area contributed by atoms with E-state index in [1.165, 1.54) is 0 Å². The number of hydrogen-bond acceptors (Lipinski definition) is 5. The Morgan fingerprint density at radius 2 is 1.50 bits per heavy atom. The van der Waals surface area contributed by atoms with E-state index in [0.29, 0.717) is 0 Å². The first-order valence-electron chi connectivity index (χ1n) is 3.39. The van der Waals surface area contributed by atoms with Crippen LogP contribution in [-0.4, -0.2) is 44.1 Å². The van der Waals surface area contributed by atoms with Crippen LogP contribution in [0.4, 0.5) is 0 Å². The largest absolute Gasteiger partial charge is 0.289 e. The maximum atomic E-state index is 3.21. The van der Waals surface area contributed by atoms with Gasteiger partial charge in [0, 0.05) is 14.1 Å². The normalized spacial score (nSPS) is 25.8. The molecule has 1 fully saturated rings. The molecular formula is C5H15N5. The van der Waals surface area contributed by atoms with Crippen LogP contribution >= 0.6 is 0 Å². The maximum absolute atomic E-state index is 3.21. The summed E-state index contributed by atoms with van der Waals surface area (Å²) in [5.74, 6) is 0. The second-order valence-electron chi connectivity index (χ2n) is 2.46. The fourth-order valence-corrected chi connectivity index (χ4v) is 0.802. The highest BCUT2D eigenvalue weighted by atomic mass is 15.6. The van der Waals surface area contributed by atoms with E-state index in [9.17, 15) is 0 Å². The van der Waals surface area contributed by atoms with Gasteiger partial charge in [-0.3, -0.25) is 5.32 Å². The highest BCUT2D eigenvalue weighted by Crippen LogP contribution is 1.76. The van der Waals surface area contributed by atoms with E-state index >= 15 is 0 Å². The zero-order valence-corrected chi connectivity index (χ0v) is 6.52. The van der Waals surface area contributed by atoms with Crippen molar-refractivity contribution in [2.24, 2.45) is 0 Å². The van der Waals surface area contributed by atoms with Gasteiger partial charge in [-0.2, -0.15) is 0 Å². The number of nitrogens with one attached hydrogen (secondary N) is 3. The summed E-state index contributed by atoms with van der Waals surface area (Å²) in [7, 11) is 4.00. The van der Waals surface area contributed by atoms with Crippen molar-refractivity contribution in [2.75, 3.05) is 34.1 Å². The molecule has 1 rings (SSSR count). The van der Waals surface area contributed by atoms with Crippen LogP contribution in [-0.2, 0) is 0 Å². The fourth-order valence-electron chi connectivity index (χ4n) is 0.802. The van der Waals surface area contributed by atoms with Gasteiger partial charge in [-0.05, 0) is 0 Å². The minimum Gasteiger partial charge on any atom is -0.289 e. The smallest absolute Gasteiger partial charge is 0.0726 e. The topological polar surface area (TPSA) is 42.6 Å². The second kappa shape index (κ2) is 3.85. The number of hydrazine groups is 2. The average Bonchev–Trinajstić information content (AvgIpc) is 1.84. The molecule has 60 valence electrons. The van der Waals surface area contributed by atoms with Crippen LogP contribution in [0.25, 0.3) is 0 Å². The summed E-state index contributed by atoms with van der Waals surface area (Å²) >= 11 is 0. The molecule has 1 aliphatic rings. The van der Waals surface area contributed by atoms with Crippen molar-refractivity contribution >= 4 is 0 Å². The van der Waals surface area contributed by atoms with Gasteiger partial charge in [-0.15, -0.1) is 0 Å². The van der Waals surface area contributed by atoms with Gasteiger partial charge in [0.2, 0.25) is 0 Å². The molecule has 0 atom stereocenters. The van der Waals surface area contributed by atoms with Crippen molar-refractivity contribution in [3.8, 4) is 0 Å². The molecule has 0 radical (unpaired) electrons. The molecule has 5 heteroatoms. The molecule has 1 aliphatic heterocycles. The summed E-state index contributed by atoms with van der Waals surface area (Å²) in [6.45, 7) is 2.52. The lowest BCUT2D eigenvalue weighted by atomic mass is 10.8. The molecule has 0 aliphatic carbocycles. The van der Waals surface area contributed by atoms with Gasteiger partial charge < -0.3 is 0 Å². The van der Waals surface area contributed by atoms with Crippen molar-refractivity contribution in [3.05, 3.63) is 0 Å². The third-order valence-electron chi connectivity index (χ3n) is 1.40. The monoisotopic (exact) mass is 145 g/mol. The van der Waals surface area contributed by atoms with Gasteiger partial charge in [0.1, 0.15) is 0 Å². The van der Waals surface area contributed by atoms with Gasteiger partial charge in [0.05, 0.1) is 20.0 Å². The van der Waals surface area contributed by atoms with Crippen LogP contribution in [0.3, 0.4) is 0 Å². The van der Waals surface area contributed by atoms with Crippen molar-refractivity contribution < 1.29 is 0 Å². The molecule has 1 saturated heterocycles. The summed E-state index contributed by atoms with van der Waals surface area (Å²) in [5.41, 5.74) is 6.27. The Kier molecular flexibility index (Phi) is 3.04. The first-order valence-corrected chi connectivity index (χ1v) is 3.39. The van der Waals surface area contributed by atoms with Crippen molar-refractivity contribution in [2.45, 2.75) is 0 Å². The van der Waals surface area contributed by atoms with Crippen LogP contribution in [0.1, 0.15) is 0 Å². The molecule has 10 heavy (non-hydrogen) atoms. The molecule has 5 nitrogen and oxygen atoms in total. The summed E-state index contributed by atoms with van der Waals surface area (Å²) in [5, 5.41) is 7.21. The molecule has 3 N–H and O–H groups in total. The SMILES string of the molecule is CN1CNCN(C)NCN1. The summed E-state index contributed by atoms with van der Waals surface area (Å²) in [6, 6.07) is 0. The van der Waals surface area contributed by atoms with Crippen LogP contribution in [0.15, 0.2) is 0 Å². The minimum absolute atomic E-state index is 0.786. The molecule has 1 heterocycles. The van der Waals surface area contributed by atoms with Crippen LogP contribution in [0, 0.1) is 0 Å². The highest BCUT2D eigenvalue weighted by molar-refractivity contribution is 4.48. The Morgan fingerprint density at radius 3 is 2.00 bits per heavy atom. The Hall–Kier alpha value is -0.200. The second-order valence-corrected chi connectivity index (χ2v) is 2.46. The van der Waals surface area contributed by atoms with Gasteiger partial charge in [-0.25, -0.2) is 20.9 Å². The molecule has 0 amide bonds. The molecule has 0 saturated carbocycles. The van der Waals surface area contributed by atoms with E-state index in [4.69, 9.17) is 0 Å². The highest BCUT2D eigenvalue weighted by Gasteiger charge is 2.02.